The second kappa shape index (κ2) is 9.79. The molecule has 0 fully saturated rings. The molecule has 0 aliphatic rings. The Labute approximate surface area is 123 Å². The fourth-order valence-electron chi connectivity index (χ4n) is 1.50. The molecule has 0 saturated heterocycles. The first-order chi connectivity index (χ1) is 10.2. The van der Waals surface area contributed by atoms with Crippen LogP contribution in [0.4, 0.5) is 0 Å². The molecule has 0 aliphatic carbocycles. The van der Waals surface area contributed by atoms with Crippen molar-refractivity contribution in [3.63, 3.8) is 0 Å². The van der Waals surface area contributed by atoms with Gasteiger partial charge in [0.2, 0.25) is 0 Å². The van der Waals surface area contributed by atoms with Crippen LogP contribution in [0.25, 0.3) is 6.08 Å². The van der Waals surface area contributed by atoms with E-state index in [1.54, 1.807) is 32.4 Å². The zero-order valence-corrected chi connectivity index (χ0v) is 12.2. The first-order valence-corrected chi connectivity index (χ1v) is 6.46. The molecule has 0 aliphatic heterocycles. The molecule has 6 nitrogen and oxygen atoms in total. The van der Waals surface area contributed by atoms with Gasteiger partial charge in [-0.1, -0.05) is 6.07 Å². The van der Waals surface area contributed by atoms with Gasteiger partial charge in [0.1, 0.15) is 13.2 Å². The Bertz CT molecular complexity index is 469. The summed E-state index contributed by atoms with van der Waals surface area (Å²) in [6, 6.07) is 5.21. The van der Waals surface area contributed by atoms with Gasteiger partial charge in [-0.3, -0.25) is 0 Å². The maximum atomic E-state index is 10.5. The Kier molecular flexibility index (Phi) is 7.93. The summed E-state index contributed by atoms with van der Waals surface area (Å²) in [7, 11) is 3.19. The first kappa shape index (κ1) is 17.0. The van der Waals surface area contributed by atoms with Crippen molar-refractivity contribution in [2.45, 2.75) is 0 Å². The average Bonchev–Trinajstić information content (AvgIpc) is 2.47. The van der Waals surface area contributed by atoms with E-state index in [2.05, 4.69) is 0 Å². The Morgan fingerprint density at radius 3 is 2.24 bits per heavy atom. The smallest absolute Gasteiger partial charge is 0.328 e. The van der Waals surface area contributed by atoms with E-state index in [4.69, 9.17) is 24.1 Å². The van der Waals surface area contributed by atoms with Crippen molar-refractivity contribution < 1.29 is 28.8 Å². The van der Waals surface area contributed by atoms with Crippen LogP contribution in [0.15, 0.2) is 24.3 Å². The largest absolute Gasteiger partial charge is 0.487 e. The number of ether oxygens (including phenoxy) is 4. The quantitative estimate of drug-likeness (QED) is 0.524. The molecule has 0 atom stereocenters. The molecule has 1 aromatic rings. The van der Waals surface area contributed by atoms with Crippen LogP contribution in [0.3, 0.4) is 0 Å². The van der Waals surface area contributed by atoms with Crippen molar-refractivity contribution in [3.8, 4) is 11.5 Å². The van der Waals surface area contributed by atoms with E-state index >= 15 is 0 Å². The summed E-state index contributed by atoms with van der Waals surface area (Å²) in [4.78, 5) is 10.5. The van der Waals surface area contributed by atoms with Crippen LogP contribution < -0.4 is 9.47 Å². The van der Waals surface area contributed by atoms with Crippen molar-refractivity contribution in [1.29, 1.82) is 0 Å². The summed E-state index contributed by atoms with van der Waals surface area (Å²) < 4.78 is 21.0. The molecule has 0 radical (unpaired) electrons. The second-order valence-electron chi connectivity index (χ2n) is 4.06. The lowest BCUT2D eigenvalue weighted by Crippen LogP contribution is -2.08. The highest BCUT2D eigenvalue weighted by atomic mass is 16.5. The van der Waals surface area contributed by atoms with Gasteiger partial charge < -0.3 is 24.1 Å². The molecule has 0 aromatic heterocycles. The number of carboxylic acids is 1. The zero-order chi connectivity index (χ0) is 15.5. The maximum absolute atomic E-state index is 10.5. The van der Waals surface area contributed by atoms with Crippen molar-refractivity contribution in [2.75, 3.05) is 40.6 Å². The molecule has 0 spiro atoms. The van der Waals surface area contributed by atoms with Crippen LogP contribution >= 0.6 is 0 Å². The van der Waals surface area contributed by atoms with Gasteiger partial charge in [0.15, 0.2) is 11.5 Å². The second-order valence-corrected chi connectivity index (χ2v) is 4.06. The van der Waals surface area contributed by atoms with Crippen LogP contribution in [0.1, 0.15) is 5.56 Å². The Hall–Kier alpha value is -2.05. The Balaban J connectivity index is 2.82. The molecule has 6 heteroatoms. The van der Waals surface area contributed by atoms with Gasteiger partial charge >= 0.3 is 5.97 Å². The lowest BCUT2D eigenvalue weighted by molar-refractivity contribution is -0.131. The Morgan fingerprint density at radius 1 is 1.05 bits per heavy atom. The molecule has 0 bridgehead atoms. The van der Waals surface area contributed by atoms with Crippen molar-refractivity contribution in [3.05, 3.63) is 29.8 Å². The molecule has 1 N–H and O–H groups in total. The van der Waals surface area contributed by atoms with Crippen LogP contribution in [0, 0.1) is 0 Å². The number of carbonyl (C=O) groups is 1. The van der Waals surface area contributed by atoms with Crippen LogP contribution in [0.5, 0.6) is 11.5 Å². The highest BCUT2D eigenvalue weighted by Gasteiger charge is 2.06. The zero-order valence-electron chi connectivity index (χ0n) is 12.2. The monoisotopic (exact) mass is 296 g/mol. The minimum Gasteiger partial charge on any atom is -0.487 e. The molecule has 1 rings (SSSR count). The maximum Gasteiger partial charge on any atom is 0.328 e. The van der Waals surface area contributed by atoms with Gasteiger partial charge in [-0.2, -0.15) is 0 Å². The minimum absolute atomic E-state index is 0.378. The first-order valence-electron chi connectivity index (χ1n) is 6.46. The van der Waals surface area contributed by atoms with Crippen LogP contribution in [-0.4, -0.2) is 51.7 Å². The van der Waals surface area contributed by atoms with E-state index in [-0.39, 0.29) is 0 Å². The normalized spacial score (nSPS) is 10.8. The summed E-state index contributed by atoms with van der Waals surface area (Å²) in [6.45, 7) is 1.70. The van der Waals surface area contributed by atoms with Crippen LogP contribution in [0.2, 0.25) is 0 Å². The third kappa shape index (κ3) is 6.78. The number of benzene rings is 1. The molecule has 0 saturated carbocycles. The number of rotatable bonds is 10. The summed E-state index contributed by atoms with van der Waals surface area (Å²) in [5.41, 5.74) is 0.712. The molecular weight excluding hydrogens is 276 g/mol. The highest BCUT2D eigenvalue weighted by Crippen LogP contribution is 2.29. The number of carboxylic acid groups (broad SMARTS) is 1. The summed E-state index contributed by atoms with van der Waals surface area (Å²) in [5, 5.41) is 8.64. The van der Waals surface area contributed by atoms with E-state index < -0.39 is 5.97 Å². The SMILES string of the molecule is COCCOc1ccc(C=CC(=O)O)cc1OCCOC. The molecule has 0 heterocycles. The lowest BCUT2D eigenvalue weighted by Gasteiger charge is -2.13. The van der Waals surface area contributed by atoms with E-state index in [1.807, 2.05) is 0 Å². The lowest BCUT2D eigenvalue weighted by atomic mass is 10.2. The number of methoxy groups -OCH3 is 2. The fraction of sp³-hybridized carbons (Fsp3) is 0.400. The third-order valence-electron chi connectivity index (χ3n) is 2.48. The van der Waals surface area contributed by atoms with Crippen molar-refractivity contribution in [2.24, 2.45) is 0 Å². The third-order valence-corrected chi connectivity index (χ3v) is 2.48. The van der Waals surface area contributed by atoms with E-state index in [9.17, 15) is 4.79 Å². The predicted octanol–water partition coefficient (Wildman–Crippen LogP) is 1.83. The molecule has 0 unspecified atom stereocenters. The number of hydrogen-bond donors (Lipinski definition) is 1. The number of aliphatic carboxylic acids is 1. The number of hydrogen-bond acceptors (Lipinski definition) is 5. The van der Waals surface area contributed by atoms with Crippen molar-refractivity contribution in [1.82, 2.24) is 0 Å². The van der Waals surface area contributed by atoms with Gasteiger partial charge in [-0.05, 0) is 23.8 Å². The van der Waals surface area contributed by atoms with E-state index in [0.29, 0.717) is 43.5 Å². The molecule has 0 amide bonds. The standard InChI is InChI=1S/C15H20O6/c1-18-7-9-20-13-5-3-12(4-6-15(16)17)11-14(13)21-10-8-19-2/h3-6,11H,7-10H2,1-2H3,(H,16,17). The Morgan fingerprint density at radius 2 is 1.67 bits per heavy atom. The molecule has 21 heavy (non-hydrogen) atoms. The van der Waals surface area contributed by atoms with Gasteiger partial charge in [0.05, 0.1) is 13.2 Å². The van der Waals surface area contributed by atoms with Crippen LogP contribution in [-0.2, 0) is 14.3 Å². The van der Waals surface area contributed by atoms with Gasteiger partial charge in [0, 0.05) is 20.3 Å². The van der Waals surface area contributed by atoms with Gasteiger partial charge in [0.25, 0.3) is 0 Å². The van der Waals surface area contributed by atoms with Gasteiger partial charge in [-0.15, -0.1) is 0 Å². The van der Waals surface area contributed by atoms with Crippen molar-refractivity contribution >= 4 is 12.0 Å². The minimum atomic E-state index is -1.00. The fourth-order valence-corrected chi connectivity index (χ4v) is 1.50. The van der Waals surface area contributed by atoms with Gasteiger partial charge in [-0.25, -0.2) is 4.79 Å². The summed E-state index contributed by atoms with van der Waals surface area (Å²) >= 11 is 0. The predicted molar refractivity (Wildman–Crippen MR) is 77.9 cm³/mol. The van der Waals surface area contributed by atoms with E-state index in [1.165, 1.54) is 6.08 Å². The molecule has 116 valence electrons. The summed E-state index contributed by atoms with van der Waals surface area (Å²) in [5.74, 6) is 0.114. The molecular formula is C15H20O6. The molecule has 1 aromatic carbocycles. The topological polar surface area (TPSA) is 74.2 Å². The highest BCUT2D eigenvalue weighted by molar-refractivity contribution is 5.85. The average molecular weight is 296 g/mol. The van der Waals surface area contributed by atoms with E-state index in [0.717, 1.165) is 6.08 Å². The summed E-state index contributed by atoms with van der Waals surface area (Å²) in [6.07, 6.45) is 2.56.